The molecule has 0 saturated heterocycles. The second-order valence-corrected chi connectivity index (χ2v) is 8.40. The molecule has 6 nitrogen and oxygen atoms in total. The number of anilines is 1. The fraction of sp³-hybridized carbons (Fsp3) is 0.0800. The monoisotopic (exact) mass is 441 g/mol. The first-order chi connectivity index (χ1) is 15.6. The van der Waals surface area contributed by atoms with E-state index < -0.39 is 0 Å². The van der Waals surface area contributed by atoms with Gasteiger partial charge in [0.15, 0.2) is 6.61 Å². The Hall–Kier alpha value is -3.97. The van der Waals surface area contributed by atoms with E-state index >= 15 is 0 Å². The van der Waals surface area contributed by atoms with Gasteiger partial charge in [0.1, 0.15) is 16.4 Å². The summed E-state index contributed by atoms with van der Waals surface area (Å²) < 4.78 is 6.64. The molecule has 0 aliphatic carbocycles. The van der Waals surface area contributed by atoms with E-state index in [9.17, 15) is 9.59 Å². The van der Waals surface area contributed by atoms with Gasteiger partial charge in [0.05, 0.1) is 5.39 Å². The van der Waals surface area contributed by atoms with E-state index in [-0.39, 0.29) is 18.1 Å². The zero-order chi connectivity index (χ0) is 22.1. The zero-order valence-electron chi connectivity index (χ0n) is 17.2. The minimum Gasteiger partial charge on any atom is -0.484 e. The third kappa shape index (κ3) is 3.86. The minimum absolute atomic E-state index is 0.101. The van der Waals surface area contributed by atoms with Gasteiger partial charge < -0.3 is 15.0 Å². The number of hydrogen-bond donors (Lipinski definition) is 2. The standard InChI is InChI=1S/C25H19N3O3S/c1-15-6-2-4-8-19(15)26-21(29)14-31-17-12-10-16(11-13-17)23-27-24(30)22-18-7-3-5-9-20(18)32-25(22)28-23/h2-13H,14H2,1H3,(H,26,29)(H,27,28,30). The van der Waals surface area contributed by atoms with Gasteiger partial charge in [0.25, 0.3) is 11.5 Å². The van der Waals surface area contributed by atoms with Crippen LogP contribution in [0.3, 0.4) is 0 Å². The smallest absolute Gasteiger partial charge is 0.262 e. The lowest BCUT2D eigenvalue weighted by Gasteiger charge is -2.10. The van der Waals surface area contributed by atoms with Gasteiger partial charge in [0.2, 0.25) is 0 Å². The molecule has 2 aromatic heterocycles. The average molecular weight is 442 g/mol. The molecule has 0 atom stereocenters. The van der Waals surface area contributed by atoms with Crippen LogP contribution >= 0.6 is 11.3 Å². The summed E-state index contributed by atoms with van der Waals surface area (Å²) >= 11 is 1.50. The summed E-state index contributed by atoms with van der Waals surface area (Å²) in [4.78, 5) is 33.1. The first-order valence-electron chi connectivity index (χ1n) is 10.1. The number of carbonyl (C=O) groups is 1. The van der Waals surface area contributed by atoms with Crippen molar-refractivity contribution >= 4 is 43.2 Å². The zero-order valence-corrected chi connectivity index (χ0v) is 18.0. The van der Waals surface area contributed by atoms with Gasteiger partial charge in [-0.15, -0.1) is 11.3 Å². The predicted octanol–water partition coefficient (Wildman–Crippen LogP) is 5.13. The number of amides is 1. The van der Waals surface area contributed by atoms with Crippen LogP contribution in [0.4, 0.5) is 5.69 Å². The number of para-hydroxylation sites is 1. The second kappa shape index (κ2) is 8.28. The number of ether oxygens (including phenoxy) is 1. The van der Waals surface area contributed by atoms with Gasteiger partial charge in [-0.1, -0.05) is 36.4 Å². The lowest BCUT2D eigenvalue weighted by atomic mass is 10.2. The highest BCUT2D eigenvalue weighted by Crippen LogP contribution is 2.31. The maximum atomic E-state index is 12.7. The number of nitrogens with zero attached hydrogens (tertiary/aromatic N) is 1. The number of fused-ring (bicyclic) bond motifs is 3. The number of benzene rings is 3. The van der Waals surface area contributed by atoms with Crippen LogP contribution < -0.4 is 15.6 Å². The lowest BCUT2D eigenvalue weighted by Crippen LogP contribution is -2.20. The largest absolute Gasteiger partial charge is 0.484 e. The normalized spacial score (nSPS) is 11.0. The number of carbonyl (C=O) groups excluding carboxylic acids is 1. The van der Waals surface area contributed by atoms with Gasteiger partial charge in [-0.3, -0.25) is 9.59 Å². The average Bonchev–Trinajstić information content (AvgIpc) is 3.18. The number of thiophene rings is 1. The Balaban J connectivity index is 1.32. The Morgan fingerprint density at radius 1 is 1.03 bits per heavy atom. The van der Waals surface area contributed by atoms with E-state index in [1.807, 2.05) is 67.6 Å². The molecule has 3 aromatic carbocycles. The molecule has 2 heterocycles. The molecule has 0 bridgehead atoms. The summed E-state index contributed by atoms with van der Waals surface area (Å²) in [7, 11) is 0. The van der Waals surface area contributed by atoms with Gasteiger partial charge in [-0.05, 0) is 48.9 Å². The van der Waals surface area contributed by atoms with E-state index in [2.05, 4.69) is 15.3 Å². The number of H-pyrrole nitrogens is 1. The first-order valence-corrected chi connectivity index (χ1v) is 10.9. The van der Waals surface area contributed by atoms with Gasteiger partial charge >= 0.3 is 0 Å². The van der Waals surface area contributed by atoms with Crippen LogP contribution in [0.15, 0.2) is 77.6 Å². The van der Waals surface area contributed by atoms with Crippen molar-refractivity contribution in [3.63, 3.8) is 0 Å². The maximum Gasteiger partial charge on any atom is 0.262 e. The van der Waals surface area contributed by atoms with Gasteiger partial charge in [-0.25, -0.2) is 4.98 Å². The summed E-state index contributed by atoms with van der Waals surface area (Å²) in [5.41, 5.74) is 2.36. The molecule has 5 aromatic rings. The van der Waals surface area contributed by atoms with E-state index in [0.29, 0.717) is 21.8 Å². The molecular formula is C25H19N3O3S. The maximum absolute atomic E-state index is 12.7. The Kier molecular flexibility index (Phi) is 5.17. The topological polar surface area (TPSA) is 84.1 Å². The number of aromatic nitrogens is 2. The molecule has 7 heteroatoms. The fourth-order valence-electron chi connectivity index (χ4n) is 3.52. The predicted molar refractivity (Wildman–Crippen MR) is 128 cm³/mol. The molecule has 0 aliphatic heterocycles. The molecule has 0 unspecified atom stereocenters. The highest BCUT2D eigenvalue weighted by atomic mass is 32.1. The van der Waals surface area contributed by atoms with E-state index in [1.165, 1.54) is 11.3 Å². The van der Waals surface area contributed by atoms with Crippen molar-refractivity contribution in [3.05, 3.63) is 88.7 Å². The van der Waals surface area contributed by atoms with Crippen molar-refractivity contribution in [2.24, 2.45) is 0 Å². The number of aromatic amines is 1. The Morgan fingerprint density at radius 3 is 2.59 bits per heavy atom. The Labute approximate surface area is 187 Å². The summed E-state index contributed by atoms with van der Waals surface area (Å²) in [6, 6.07) is 22.5. The number of nitrogens with one attached hydrogen (secondary N) is 2. The highest BCUT2D eigenvalue weighted by Gasteiger charge is 2.12. The summed E-state index contributed by atoms with van der Waals surface area (Å²) in [5.74, 6) is 0.821. The summed E-state index contributed by atoms with van der Waals surface area (Å²) in [6.07, 6.45) is 0. The molecule has 158 valence electrons. The van der Waals surface area contributed by atoms with Gasteiger partial charge in [0, 0.05) is 21.3 Å². The molecule has 0 fully saturated rings. The molecule has 0 radical (unpaired) electrons. The molecular weight excluding hydrogens is 422 g/mol. The minimum atomic E-state index is -0.232. The van der Waals surface area contributed by atoms with Crippen LogP contribution in [0.5, 0.6) is 5.75 Å². The van der Waals surface area contributed by atoms with Crippen molar-refractivity contribution in [2.75, 3.05) is 11.9 Å². The Morgan fingerprint density at radius 2 is 1.78 bits per heavy atom. The molecule has 5 rings (SSSR count). The number of aryl methyl sites for hydroxylation is 1. The molecule has 0 aliphatic rings. The third-order valence-electron chi connectivity index (χ3n) is 5.17. The first kappa shape index (κ1) is 20.0. The van der Waals surface area contributed by atoms with E-state index in [1.54, 1.807) is 12.1 Å². The van der Waals surface area contributed by atoms with E-state index in [0.717, 1.165) is 26.9 Å². The number of rotatable bonds is 5. The van der Waals surface area contributed by atoms with E-state index in [4.69, 9.17) is 4.74 Å². The second-order valence-electron chi connectivity index (χ2n) is 7.37. The van der Waals surface area contributed by atoms with Crippen LogP contribution in [0, 0.1) is 6.92 Å². The van der Waals surface area contributed by atoms with Crippen molar-refractivity contribution < 1.29 is 9.53 Å². The van der Waals surface area contributed by atoms with Crippen LogP contribution in [0.2, 0.25) is 0 Å². The fourth-order valence-corrected chi connectivity index (χ4v) is 4.60. The van der Waals surface area contributed by atoms with Crippen LogP contribution in [0.1, 0.15) is 5.56 Å². The van der Waals surface area contributed by atoms with Crippen molar-refractivity contribution in [1.29, 1.82) is 0 Å². The molecule has 0 spiro atoms. The lowest BCUT2D eigenvalue weighted by molar-refractivity contribution is -0.118. The van der Waals surface area contributed by atoms with Gasteiger partial charge in [-0.2, -0.15) is 0 Å². The quantitative estimate of drug-likeness (QED) is 0.396. The molecule has 1 amide bonds. The molecule has 32 heavy (non-hydrogen) atoms. The molecule has 0 saturated carbocycles. The number of hydrogen-bond acceptors (Lipinski definition) is 5. The summed E-state index contributed by atoms with van der Waals surface area (Å²) in [5, 5.41) is 4.38. The molecule has 2 N–H and O–H groups in total. The summed E-state index contributed by atoms with van der Waals surface area (Å²) in [6.45, 7) is 1.83. The van der Waals surface area contributed by atoms with Crippen molar-refractivity contribution in [2.45, 2.75) is 6.92 Å². The van der Waals surface area contributed by atoms with Crippen LogP contribution in [-0.4, -0.2) is 22.5 Å². The van der Waals surface area contributed by atoms with Crippen LogP contribution in [0.25, 0.3) is 31.7 Å². The van der Waals surface area contributed by atoms with Crippen molar-refractivity contribution in [3.8, 4) is 17.1 Å². The third-order valence-corrected chi connectivity index (χ3v) is 6.23. The highest BCUT2D eigenvalue weighted by molar-refractivity contribution is 7.25. The van der Waals surface area contributed by atoms with Crippen LogP contribution in [-0.2, 0) is 4.79 Å². The SMILES string of the molecule is Cc1ccccc1NC(=O)COc1ccc(-c2nc3sc4ccccc4c3c(=O)[nH]2)cc1. The Bertz CT molecular complexity index is 1500. The van der Waals surface area contributed by atoms with Crippen molar-refractivity contribution in [1.82, 2.24) is 9.97 Å².